The van der Waals surface area contributed by atoms with Crippen molar-refractivity contribution in [1.29, 1.82) is 0 Å². The molecule has 0 atom stereocenters. The zero-order chi connectivity index (χ0) is 17.5. The summed E-state index contributed by atoms with van der Waals surface area (Å²) in [6, 6.07) is 6.98. The van der Waals surface area contributed by atoms with E-state index in [9.17, 15) is 4.39 Å². The lowest BCUT2D eigenvalue weighted by Gasteiger charge is -2.32. The molecular formula is C18H21BFNO2S. The third-order valence-corrected chi connectivity index (χ3v) is 5.17. The van der Waals surface area contributed by atoms with Crippen molar-refractivity contribution in [2.24, 2.45) is 0 Å². The lowest BCUT2D eigenvalue weighted by atomic mass is 9.78. The van der Waals surface area contributed by atoms with Gasteiger partial charge in [0.25, 0.3) is 0 Å². The number of benzene rings is 1. The van der Waals surface area contributed by atoms with E-state index in [2.05, 4.69) is 17.6 Å². The van der Waals surface area contributed by atoms with Crippen molar-refractivity contribution in [2.75, 3.05) is 5.75 Å². The second-order valence-corrected chi connectivity index (χ2v) is 7.35. The van der Waals surface area contributed by atoms with E-state index in [1.807, 2.05) is 39.8 Å². The summed E-state index contributed by atoms with van der Waals surface area (Å²) < 4.78 is 26.5. The van der Waals surface area contributed by atoms with Crippen LogP contribution in [0, 0.1) is 5.82 Å². The first-order chi connectivity index (χ1) is 11.2. The largest absolute Gasteiger partial charge is 0.491 e. The van der Waals surface area contributed by atoms with Crippen LogP contribution >= 0.6 is 12.6 Å². The molecule has 6 heteroatoms. The normalized spacial score (nSPS) is 19.9. The summed E-state index contributed by atoms with van der Waals surface area (Å²) in [5.74, 6) is 0.0958. The Morgan fingerprint density at radius 2 is 1.92 bits per heavy atom. The van der Waals surface area contributed by atoms with Crippen LogP contribution in [0.4, 0.5) is 4.39 Å². The van der Waals surface area contributed by atoms with Gasteiger partial charge in [0, 0.05) is 29.0 Å². The Bertz CT molecular complexity index is 791. The van der Waals surface area contributed by atoms with Gasteiger partial charge in [0.15, 0.2) is 0 Å². The smallest absolute Gasteiger partial charge is 0.400 e. The first-order valence-corrected chi connectivity index (χ1v) is 8.58. The van der Waals surface area contributed by atoms with Crippen LogP contribution in [0.3, 0.4) is 0 Å². The van der Waals surface area contributed by atoms with Crippen molar-refractivity contribution >= 4 is 36.7 Å². The summed E-state index contributed by atoms with van der Waals surface area (Å²) in [5, 5.41) is 0.887. The molecule has 1 aromatic carbocycles. The number of hydrogen-bond donors (Lipinski definition) is 1. The maximum atomic E-state index is 14.4. The Hall–Kier alpha value is -1.37. The van der Waals surface area contributed by atoms with Crippen LogP contribution in [0.1, 0.15) is 33.3 Å². The predicted octanol–water partition coefficient (Wildman–Crippen LogP) is 4.32. The molecule has 1 fully saturated rings. The Morgan fingerprint density at radius 1 is 1.25 bits per heavy atom. The molecule has 1 aliphatic heterocycles. The van der Waals surface area contributed by atoms with E-state index >= 15 is 0 Å². The molecule has 0 unspecified atom stereocenters. The van der Waals surface area contributed by atoms with E-state index in [4.69, 9.17) is 9.31 Å². The number of nitrogens with zero attached hydrogens (tertiary/aromatic N) is 1. The molecule has 3 nitrogen and oxygen atoms in total. The van der Waals surface area contributed by atoms with Gasteiger partial charge in [0.1, 0.15) is 5.82 Å². The highest BCUT2D eigenvalue weighted by Crippen LogP contribution is 2.39. The number of rotatable bonds is 3. The second-order valence-electron chi connectivity index (χ2n) is 7.04. The summed E-state index contributed by atoms with van der Waals surface area (Å²) in [5.41, 5.74) is 1.03. The third kappa shape index (κ3) is 3.10. The van der Waals surface area contributed by atoms with Crippen LogP contribution in [0.25, 0.3) is 17.0 Å². The fourth-order valence-corrected chi connectivity index (χ4v) is 2.85. The van der Waals surface area contributed by atoms with Gasteiger partial charge in [-0.3, -0.25) is 4.98 Å². The zero-order valence-electron chi connectivity index (χ0n) is 14.3. The lowest BCUT2D eigenvalue weighted by Crippen LogP contribution is -2.41. The van der Waals surface area contributed by atoms with Crippen LogP contribution < -0.4 is 0 Å². The van der Waals surface area contributed by atoms with Crippen molar-refractivity contribution < 1.29 is 13.7 Å². The van der Waals surface area contributed by atoms with Crippen LogP contribution in [0.15, 0.2) is 35.9 Å². The molecular weight excluding hydrogens is 324 g/mol. The SMILES string of the molecule is CC1(C)OB(C(=Cc2cc3cccnc3cc2F)CS)OC1(C)C. The molecule has 0 saturated carbocycles. The molecule has 24 heavy (non-hydrogen) atoms. The van der Waals surface area contributed by atoms with E-state index in [-0.39, 0.29) is 5.82 Å². The summed E-state index contributed by atoms with van der Waals surface area (Å²) >= 11 is 4.38. The van der Waals surface area contributed by atoms with Crippen molar-refractivity contribution in [3.63, 3.8) is 0 Å². The van der Waals surface area contributed by atoms with E-state index in [1.54, 1.807) is 18.3 Å². The van der Waals surface area contributed by atoms with Gasteiger partial charge in [-0.1, -0.05) is 12.1 Å². The minimum atomic E-state index is -0.531. The first kappa shape index (κ1) is 17.5. The molecule has 0 spiro atoms. The quantitative estimate of drug-likeness (QED) is 0.664. The summed E-state index contributed by atoms with van der Waals surface area (Å²) in [6.45, 7) is 7.97. The maximum absolute atomic E-state index is 14.4. The van der Waals surface area contributed by atoms with Gasteiger partial charge in [-0.05, 0) is 45.3 Å². The van der Waals surface area contributed by atoms with Crippen LogP contribution in [0.5, 0.6) is 0 Å². The van der Waals surface area contributed by atoms with Crippen molar-refractivity contribution in [1.82, 2.24) is 4.98 Å². The molecule has 2 heterocycles. The fourth-order valence-electron chi connectivity index (χ4n) is 2.61. The van der Waals surface area contributed by atoms with E-state index in [0.717, 1.165) is 10.9 Å². The molecule has 0 aliphatic carbocycles. The summed E-state index contributed by atoms with van der Waals surface area (Å²) in [4.78, 5) is 4.17. The number of thiol groups is 1. The van der Waals surface area contributed by atoms with E-state index < -0.39 is 18.3 Å². The van der Waals surface area contributed by atoms with Crippen molar-refractivity contribution in [3.05, 3.63) is 47.3 Å². The second kappa shape index (κ2) is 6.17. The van der Waals surface area contributed by atoms with Crippen LogP contribution in [0.2, 0.25) is 0 Å². The highest BCUT2D eigenvalue weighted by molar-refractivity contribution is 7.80. The number of halogens is 1. The minimum Gasteiger partial charge on any atom is -0.400 e. The van der Waals surface area contributed by atoms with Gasteiger partial charge in [0.2, 0.25) is 0 Å². The van der Waals surface area contributed by atoms with Gasteiger partial charge in [-0.2, -0.15) is 12.6 Å². The standard InChI is InChI=1S/C18H21BFNO2S/c1-17(2)18(3,4)23-19(22-17)14(11-24)9-13-8-12-6-5-7-21-16(12)10-15(13)20/h5-10,24H,11H2,1-4H3. The molecule has 0 bridgehead atoms. The van der Waals surface area contributed by atoms with Crippen LogP contribution in [-0.4, -0.2) is 29.1 Å². The molecule has 0 N–H and O–H groups in total. The third-order valence-electron chi connectivity index (χ3n) is 4.80. The minimum absolute atomic E-state index is 0.322. The van der Waals surface area contributed by atoms with E-state index in [1.165, 1.54) is 6.07 Å². The van der Waals surface area contributed by atoms with E-state index in [0.29, 0.717) is 16.8 Å². The molecule has 2 aromatic rings. The molecule has 3 rings (SSSR count). The number of fused-ring (bicyclic) bond motifs is 1. The molecule has 1 saturated heterocycles. The highest BCUT2D eigenvalue weighted by Gasteiger charge is 2.52. The fraction of sp³-hybridized carbons (Fsp3) is 0.389. The maximum Gasteiger partial charge on any atom is 0.491 e. The average Bonchev–Trinajstić information content (AvgIpc) is 2.73. The van der Waals surface area contributed by atoms with Gasteiger partial charge in [-0.25, -0.2) is 4.39 Å². The Labute approximate surface area is 147 Å². The zero-order valence-corrected chi connectivity index (χ0v) is 15.2. The van der Waals surface area contributed by atoms with Crippen molar-refractivity contribution in [3.8, 4) is 0 Å². The summed E-state index contributed by atoms with van der Waals surface area (Å²) in [7, 11) is -0.531. The molecule has 0 amide bonds. The van der Waals surface area contributed by atoms with Gasteiger partial charge in [0.05, 0.1) is 16.7 Å². The van der Waals surface area contributed by atoms with Gasteiger partial charge in [-0.15, -0.1) is 0 Å². The topological polar surface area (TPSA) is 31.4 Å². The number of aromatic nitrogens is 1. The molecule has 126 valence electrons. The first-order valence-electron chi connectivity index (χ1n) is 7.95. The highest BCUT2D eigenvalue weighted by atomic mass is 32.1. The molecule has 1 aliphatic rings. The number of pyridine rings is 1. The predicted molar refractivity (Wildman–Crippen MR) is 99.6 cm³/mol. The number of hydrogen-bond acceptors (Lipinski definition) is 4. The Balaban J connectivity index is 1.98. The Morgan fingerprint density at radius 3 is 2.54 bits per heavy atom. The van der Waals surface area contributed by atoms with Crippen LogP contribution in [-0.2, 0) is 9.31 Å². The Kier molecular flexibility index (Phi) is 4.49. The monoisotopic (exact) mass is 345 g/mol. The molecule has 1 aromatic heterocycles. The van der Waals surface area contributed by atoms with Gasteiger partial charge < -0.3 is 9.31 Å². The van der Waals surface area contributed by atoms with Crippen molar-refractivity contribution in [2.45, 2.75) is 38.9 Å². The summed E-state index contributed by atoms with van der Waals surface area (Å²) in [6.07, 6.45) is 3.41. The average molecular weight is 345 g/mol. The van der Waals surface area contributed by atoms with Gasteiger partial charge >= 0.3 is 7.12 Å². The lowest BCUT2D eigenvalue weighted by molar-refractivity contribution is 0.00578. The molecule has 0 radical (unpaired) electrons.